The number of hydrogen-bond donors (Lipinski definition) is 1. The molecule has 0 aromatic rings. The van der Waals surface area contributed by atoms with Gasteiger partial charge in [0.2, 0.25) is 0 Å². The Bertz CT molecular complexity index is 176. The highest BCUT2D eigenvalue weighted by atomic mass is 35.5. The first-order chi connectivity index (χ1) is 7.08. The molecular formula is C10H21ClF2N2O. The Hall–Kier alpha value is 0.0300. The van der Waals surface area contributed by atoms with Gasteiger partial charge in [-0.25, -0.2) is 8.78 Å². The van der Waals surface area contributed by atoms with Gasteiger partial charge in [-0.1, -0.05) is 0 Å². The first-order valence-corrected chi connectivity index (χ1v) is 5.42. The van der Waals surface area contributed by atoms with Gasteiger partial charge in [0, 0.05) is 31.7 Å². The summed E-state index contributed by atoms with van der Waals surface area (Å²) in [5, 5.41) is 3.42. The van der Waals surface area contributed by atoms with E-state index >= 15 is 0 Å². The molecule has 1 N–H and O–H groups in total. The normalized spacial score (nSPS) is 26.8. The molecule has 2 atom stereocenters. The number of halogens is 3. The minimum absolute atomic E-state index is 0. The average Bonchev–Trinajstić information content (AvgIpc) is 2.10. The Kier molecular flexibility index (Phi) is 8.18. The lowest BCUT2D eigenvalue weighted by Crippen LogP contribution is -2.54. The van der Waals surface area contributed by atoms with Crippen molar-refractivity contribution in [3.8, 4) is 0 Å². The summed E-state index contributed by atoms with van der Waals surface area (Å²) in [6.45, 7) is 6.86. The van der Waals surface area contributed by atoms with Gasteiger partial charge >= 0.3 is 0 Å². The number of rotatable bonds is 5. The first-order valence-electron chi connectivity index (χ1n) is 5.42. The van der Waals surface area contributed by atoms with Gasteiger partial charge in [-0.2, -0.15) is 0 Å². The number of nitrogens with zero attached hydrogens (tertiary/aromatic N) is 1. The molecule has 1 aliphatic rings. The Morgan fingerprint density at radius 1 is 1.31 bits per heavy atom. The molecule has 1 rings (SSSR count). The monoisotopic (exact) mass is 258 g/mol. The molecule has 0 amide bonds. The number of hydrogen-bond acceptors (Lipinski definition) is 3. The first kappa shape index (κ1) is 16.0. The zero-order valence-corrected chi connectivity index (χ0v) is 10.6. The van der Waals surface area contributed by atoms with E-state index in [1.54, 1.807) is 0 Å². The summed E-state index contributed by atoms with van der Waals surface area (Å²) in [6.07, 6.45) is -2.36. The summed E-state index contributed by atoms with van der Waals surface area (Å²) < 4.78 is 28.4. The molecule has 98 valence electrons. The molecule has 1 aliphatic heterocycles. The van der Waals surface area contributed by atoms with Crippen LogP contribution in [0.3, 0.4) is 0 Å². The standard InChI is InChI=1S/C10H20F2N2O.ClH/c1-8-5-14(6-9(2)13-8)3-4-15-7-10(11)12;/h8-10,13H,3-7H2,1-2H3;1H. The van der Waals surface area contributed by atoms with Crippen LogP contribution in [-0.4, -0.2) is 56.3 Å². The number of nitrogens with one attached hydrogen (secondary N) is 1. The van der Waals surface area contributed by atoms with Crippen LogP contribution in [0.1, 0.15) is 13.8 Å². The largest absolute Gasteiger partial charge is 0.374 e. The van der Waals surface area contributed by atoms with E-state index in [9.17, 15) is 8.78 Å². The maximum atomic E-state index is 11.8. The van der Waals surface area contributed by atoms with Gasteiger partial charge in [-0.15, -0.1) is 12.4 Å². The number of piperazine rings is 1. The van der Waals surface area contributed by atoms with Crippen LogP contribution in [0.25, 0.3) is 0 Å². The zero-order chi connectivity index (χ0) is 11.3. The van der Waals surface area contributed by atoms with Gasteiger partial charge in [-0.3, -0.25) is 4.90 Å². The molecule has 0 radical (unpaired) electrons. The number of alkyl halides is 2. The quantitative estimate of drug-likeness (QED) is 0.754. The molecule has 1 heterocycles. The highest BCUT2D eigenvalue weighted by molar-refractivity contribution is 5.85. The van der Waals surface area contributed by atoms with Crippen LogP contribution in [0.15, 0.2) is 0 Å². The Morgan fingerprint density at radius 2 is 1.88 bits per heavy atom. The molecule has 6 heteroatoms. The van der Waals surface area contributed by atoms with Gasteiger partial charge in [0.25, 0.3) is 6.43 Å². The van der Waals surface area contributed by atoms with Gasteiger partial charge < -0.3 is 10.1 Å². The second-order valence-corrected chi connectivity index (χ2v) is 4.19. The third-order valence-corrected chi connectivity index (χ3v) is 2.43. The van der Waals surface area contributed by atoms with Crippen LogP contribution in [0, 0.1) is 0 Å². The fraction of sp³-hybridized carbons (Fsp3) is 1.00. The molecule has 0 aromatic carbocycles. The van der Waals surface area contributed by atoms with Gasteiger partial charge in [0.05, 0.1) is 6.61 Å². The lowest BCUT2D eigenvalue weighted by Gasteiger charge is -2.35. The van der Waals surface area contributed by atoms with E-state index in [-0.39, 0.29) is 12.4 Å². The van der Waals surface area contributed by atoms with E-state index in [0.29, 0.717) is 18.7 Å². The molecule has 0 bridgehead atoms. The predicted octanol–water partition coefficient (Wildman–Crippen LogP) is 1.37. The van der Waals surface area contributed by atoms with E-state index in [2.05, 4.69) is 24.1 Å². The maximum absolute atomic E-state index is 11.8. The van der Waals surface area contributed by atoms with E-state index < -0.39 is 13.0 Å². The molecule has 2 unspecified atom stereocenters. The topological polar surface area (TPSA) is 24.5 Å². The smallest absolute Gasteiger partial charge is 0.261 e. The van der Waals surface area contributed by atoms with Crippen molar-refractivity contribution in [1.82, 2.24) is 10.2 Å². The van der Waals surface area contributed by atoms with Crippen molar-refractivity contribution in [2.45, 2.75) is 32.4 Å². The molecule has 0 aromatic heterocycles. The molecule has 0 saturated carbocycles. The van der Waals surface area contributed by atoms with Crippen LogP contribution in [-0.2, 0) is 4.74 Å². The maximum Gasteiger partial charge on any atom is 0.261 e. The van der Waals surface area contributed by atoms with Crippen LogP contribution >= 0.6 is 12.4 Å². The van der Waals surface area contributed by atoms with Crippen LogP contribution in [0.4, 0.5) is 8.78 Å². The number of ether oxygens (including phenoxy) is 1. The van der Waals surface area contributed by atoms with E-state index in [0.717, 1.165) is 19.6 Å². The van der Waals surface area contributed by atoms with Gasteiger partial charge in [0.15, 0.2) is 0 Å². The third kappa shape index (κ3) is 6.58. The summed E-state index contributed by atoms with van der Waals surface area (Å²) in [5.74, 6) is 0. The Balaban J connectivity index is 0.00000225. The molecular weight excluding hydrogens is 238 g/mol. The molecule has 16 heavy (non-hydrogen) atoms. The van der Waals surface area contributed by atoms with Crippen LogP contribution in [0.5, 0.6) is 0 Å². The fourth-order valence-corrected chi connectivity index (χ4v) is 1.99. The van der Waals surface area contributed by atoms with Crippen molar-refractivity contribution in [3.05, 3.63) is 0 Å². The van der Waals surface area contributed by atoms with Crippen molar-refractivity contribution >= 4 is 12.4 Å². The second-order valence-electron chi connectivity index (χ2n) is 4.19. The minimum Gasteiger partial charge on any atom is -0.374 e. The van der Waals surface area contributed by atoms with E-state index in [1.165, 1.54) is 0 Å². The fourth-order valence-electron chi connectivity index (χ4n) is 1.99. The molecule has 3 nitrogen and oxygen atoms in total. The highest BCUT2D eigenvalue weighted by Crippen LogP contribution is 2.03. The SMILES string of the molecule is CC1CN(CCOCC(F)F)CC(C)N1.Cl. The predicted molar refractivity (Wildman–Crippen MR) is 62.6 cm³/mol. The van der Waals surface area contributed by atoms with Crippen molar-refractivity contribution in [1.29, 1.82) is 0 Å². The Labute approximate surface area is 102 Å². The molecule has 1 fully saturated rings. The van der Waals surface area contributed by atoms with Crippen LogP contribution < -0.4 is 5.32 Å². The minimum atomic E-state index is -2.36. The summed E-state index contributed by atoms with van der Waals surface area (Å²) in [7, 11) is 0. The molecule has 1 saturated heterocycles. The second kappa shape index (κ2) is 8.17. The van der Waals surface area contributed by atoms with E-state index in [4.69, 9.17) is 4.74 Å². The lowest BCUT2D eigenvalue weighted by atomic mass is 10.1. The van der Waals surface area contributed by atoms with Crippen LogP contribution in [0.2, 0.25) is 0 Å². The van der Waals surface area contributed by atoms with Crippen molar-refractivity contribution in [2.75, 3.05) is 32.8 Å². The molecule has 0 aliphatic carbocycles. The zero-order valence-electron chi connectivity index (χ0n) is 9.79. The molecule has 0 spiro atoms. The van der Waals surface area contributed by atoms with E-state index in [1.807, 2.05) is 0 Å². The highest BCUT2D eigenvalue weighted by Gasteiger charge is 2.20. The summed E-state index contributed by atoms with van der Waals surface area (Å²) in [5.41, 5.74) is 0. The summed E-state index contributed by atoms with van der Waals surface area (Å²) in [4.78, 5) is 2.25. The van der Waals surface area contributed by atoms with Gasteiger partial charge in [0.1, 0.15) is 6.61 Å². The lowest BCUT2D eigenvalue weighted by molar-refractivity contribution is 0.00629. The van der Waals surface area contributed by atoms with Crippen molar-refractivity contribution in [2.24, 2.45) is 0 Å². The summed E-state index contributed by atoms with van der Waals surface area (Å²) >= 11 is 0. The summed E-state index contributed by atoms with van der Waals surface area (Å²) in [6, 6.07) is 0.924. The van der Waals surface area contributed by atoms with Crippen molar-refractivity contribution < 1.29 is 13.5 Å². The van der Waals surface area contributed by atoms with Gasteiger partial charge in [-0.05, 0) is 13.8 Å². The third-order valence-electron chi connectivity index (χ3n) is 2.43. The average molecular weight is 259 g/mol. The van der Waals surface area contributed by atoms with Crippen molar-refractivity contribution in [3.63, 3.8) is 0 Å². The Morgan fingerprint density at radius 3 is 2.38 bits per heavy atom.